The third-order valence-corrected chi connectivity index (χ3v) is 27.8. The second-order valence-corrected chi connectivity index (χ2v) is 36.5. The van der Waals surface area contributed by atoms with Gasteiger partial charge in [-0.3, -0.25) is 9.13 Å². The van der Waals surface area contributed by atoms with E-state index in [1.54, 1.807) is 0 Å². The van der Waals surface area contributed by atoms with Crippen molar-refractivity contribution in [3.63, 3.8) is 0 Å². The normalized spacial score (nSPS) is 12.1. The lowest BCUT2D eigenvalue weighted by Gasteiger charge is -2.24. The Morgan fingerprint density at radius 3 is 0.754 bits per heavy atom. The zero-order valence-corrected chi connectivity index (χ0v) is 73.9. The van der Waals surface area contributed by atoms with Crippen LogP contribution in [-0.2, 0) is 0 Å². The Morgan fingerprint density at radius 2 is 0.452 bits per heavy atom. The Labute approximate surface area is 734 Å². The lowest BCUT2D eigenvalue weighted by molar-refractivity contribution is 0.668. The number of furan rings is 2. The molecule has 8 aromatic heterocycles. The van der Waals surface area contributed by atoms with Gasteiger partial charge < -0.3 is 18.0 Å². The molecule has 0 bridgehead atoms. The molecule has 8 heterocycles. The summed E-state index contributed by atoms with van der Waals surface area (Å²) in [5.41, 5.74) is 44.4. The van der Waals surface area contributed by atoms with Crippen molar-refractivity contribution in [2.24, 2.45) is 0 Å². The topological polar surface area (TPSA) is 71.8 Å². The Morgan fingerprint density at radius 1 is 0.198 bits per heavy atom. The summed E-state index contributed by atoms with van der Waals surface area (Å²) in [4.78, 5) is 11.6. The van der Waals surface area contributed by atoms with Crippen LogP contribution in [0.5, 0.6) is 0 Å². The van der Waals surface area contributed by atoms with Crippen molar-refractivity contribution in [2.45, 2.75) is 104 Å². The zero-order valence-electron chi connectivity index (χ0n) is 73.9. The predicted molar refractivity (Wildman–Crippen MR) is 538 cm³/mol. The molecule has 0 saturated carbocycles. The highest BCUT2D eigenvalue weighted by molar-refractivity contribution is 6.97. The average Bonchev–Trinajstić information content (AvgIpc) is 1.56. The van der Waals surface area contributed by atoms with E-state index < -0.39 is 0 Å². The minimum atomic E-state index is -0.158. The average molecular weight is 1620 g/mol. The van der Waals surface area contributed by atoms with Crippen LogP contribution in [0, 0.1) is 104 Å². The van der Waals surface area contributed by atoms with Gasteiger partial charge in [0.2, 0.25) is 6.71 Å². The van der Waals surface area contributed by atoms with Crippen LogP contribution in [0.1, 0.15) is 83.5 Å². The van der Waals surface area contributed by atoms with Crippen molar-refractivity contribution < 1.29 is 8.83 Å². The molecule has 0 aliphatic rings. The van der Waals surface area contributed by atoms with Crippen LogP contribution < -0.4 is 49.4 Å². The van der Waals surface area contributed by atoms with E-state index in [1.165, 1.54) is 154 Å². The third-order valence-electron chi connectivity index (χ3n) is 27.8. The number of aromatic nitrogens is 6. The van der Waals surface area contributed by atoms with Crippen molar-refractivity contribution in [3.05, 3.63) is 375 Å². The van der Waals surface area contributed by atoms with E-state index in [9.17, 15) is 0 Å². The number of rotatable bonds is 13. The molecule has 15 aromatic carbocycles. The minimum Gasteiger partial charge on any atom is -0.456 e. The molecule has 126 heavy (non-hydrogen) atoms. The van der Waals surface area contributed by atoms with E-state index in [0.717, 1.165) is 133 Å². The highest BCUT2D eigenvalue weighted by atomic mass is 16.3. The number of hydrogen-bond acceptors (Lipinski definition) is 4. The van der Waals surface area contributed by atoms with E-state index >= 15 is 0 Å². The van der Waals surface area contributed by atoms with Gasteiger partial charge in [-0.05, 0) is 225 Å². The molecule has 0 aliphatic heterocycles. The van der Waals surface area contributed by atoms with Gasteiger partial charge in [-0.1, -0.05) is 292 Å². The summed E-state index contributed by atoms with van der Waals surface area (Å²) in [7, 11) is 0. The van der Waals surface area contributed by atoms with E-state index in [2.05, 4.69) is 413 Å². The highest BCUT2D eigenvalue weighted by Gasteiger charge is 2.35. The van der Waals surface area contributed by atoms with E-state index in [0.29, 0.717) is 0 Å². The fourth-order valence-corrected chi connectivity index (χ4v) is 23.2. The van der Waals surface area contributed by atoms with Crippen LogP contribution in [0.15, 0.2) is 300 Å². The first-order chi connectivity index (χ1) is 61.1. The maximum Gasteiger partial charge on any atom is 0.266 e. The lowest BCUT2D eigenvalue weighted by Crippen LogP contribution is -2.57. The number of pyridine rings is 2. The molecule has 0 saturated heterocycles. The number of benzene rings is 15. The smallest absolute Gasteiger partial charge is 0.266 e. The second kappa shape index (κ2) is 28.8. The number of para-hydroxylation sites is 4. The molecule has 0 aliphatic carbocycles. The molecule has 0 amide bonds. The van der Waals surface area contributed by atoms with Crippen LogP contribution >= 0.6 is 0 Å². The predicted octanol–water partition coefficient (Wildman–Crippen LogP) is 22.8. The minimum absolute atomic E-state index is 0.0790. The molecule has 8 nitrogen and oxygen atoms in total. The van der Waals surface area contributed by atoms with Crippen molar-refractivity contribution in [1.29, 1.82) is 0 Å². The molecule has 0 atom stereocenters. The summed E-state index contributed by atoms with van der Waals surface area (Å²) in [6, 6.07) is 109. The number of hydrogen-bond donors (Lipinski definition) is 0. The molecule has 23 aromatic rings. The summed E-state index contributed by atoms with van der Waals surface area (Å²) in [6.45, 7) is 33.4. The summed E-state index contributed by atoms with van der Waals surface area (Å²) >= 11 is 0. The summed E-state index contributed by atoms with van der Waals surface area (Å²) in [5, 5.41) is 13.6. The third kappa shape index (κ3) is 11.9. The molecule has 0 unspecified atom stereocenters. The van der Waals surface area contributed by atoms with Crippen LogP contribution in [0.2, 0.25) is 0 Å². The van der Waals surface area contributed by atoms with Gasteiger partial charge in [0.15, 0.2) is 0 Å². The molecule has 604 valence electrons. The van der Waals surface area contributed by atoms with Crippen LogP contribution in [0.3, 0.4) is 0 Å². The fourth-order valence-electron chi connectivity index (χ4n) is 23.2. The van der Waals surface area contributed by atoms with Gasteiger partial charge >= 0.3 is 0 Å². The largest absolute Gasteiger partial charge is 0.456 e. The van der Waals surface area contributed by atoms with Gasteiger partial charge in [0.1, 0.15) is 34.0 Å². The van der Waals surface area contributed by atoms with Crippen LogP contribution in [0.25, 0.3) is 154 Å². The number of nitrogens with zero attached hydrogens (tertiary/aromatic N) is 6. The van der Waals surface area contributed by atoms with Crippen LogP contribution in [0.4, 0.5) is 0 Å². The maximum absolute atomic E-state index is 6.93. The van der Waals surface area contributed by atoms with Crippen LogP contribution in [-0.4, -0.2) is 48.4 Å². The number of aryl methyl sites for hydroxylation is 15. The Bertz CT molecular complexity index is 7950. The molecular formula is C115H93B3N6O2. The van der Waals surface area contributed by atoms with Crippen molar-refractivity contribution in [2.75, 3.05) is 0 Å². The van der Waals surface area contributed by atoms with Gasteiger partial charge in [0.05, 0.1) is 44.1 Å². The first-order valence-corrected chi connectivity index (χ1v) is 44.3. The van der Waals surface area contributed by atoms with Crippen molar-refractivity contribution >= 4 is 201 Å². The van der Waals surface area contributed by atoms with E-state index in [1.807, 2.05) is 0 Å². The van der Waals surface area contributed by atoms with E-state index in [4.69, 9.17) is 18.8 Å². The van der Waals surface area contributed by atoms with Crippen molar-refractivity contribution in [3.8, 4) is 23.0 Å². The zero-order chi connectivity index (χ0) is 85.8. The van der Waals surface area contributed by atoms with E-state index in [-0.39, 0.29) is 20.1 Å². The lowest BCUT2D eigenvalue weighted by atomic mass is 9.35. The Kier molecular flexibility index (Phi) is 17.5. The standard InChI is InChI=1S/C115H93B3N6O2/c1-64-46-69(6)111(70(7)47-64)116(79-38-42-103-91(56-79)93-58-81(40-44-105(93)125-103)121-95-30-20-16-26-83(95)87-62-101-89(60-99(87)121)85-28-18-22-32-97(85)123(101)109-36-24-34-107(119-109)117(112-71(8)48-65(2)49-72(112)9)113-73(10)50-66(3)51-74(113)11)80-39-43-104-92(57-80)94-59-82(41-45-106(94)126-104)122-96-31-21-17-27-84(96)88-63-102-90(61-100(88)122)86-29-19-23-33-98(86)124(102)110-37-25-35-108(120-110)118(114-75(12)52-67(4)53-76(114)13)115-77(14)54-68(5)55-78(115)15/h16-63H,1-15H3. The summed E-state index contributed by atoms with van der Waals surface area (Å²) in [5.74, 6) is 1.78. The quantitative estimate of drug-likeness (QED) is 0.108. The van der Waals surface area contributed by atoms with Crippen molar-refractivity contribution in [1.82, 2.24) is 28.2 Å². The van der Waals surface area contributed by atoms with Gasteiger partial charge in [0, 0.05) is 87.2 Å². The monoisotopic (exact) mass is 1620 g/mol. The Hall–Kier alpha value is -14.4. The molecule has 11 heteroatoms. The summed E-state index contributed by atoms with van der Waals surface area (Å²) in [6.07, 6.45) is 0. The summed E-state index contributed by atoms with van der Waals surface area (Å²) < 4.78 is 23.6. The Balaban J connectivity index is 0.645. The number of fused-ring (bicyclic) bond motifs is 18. The second-order valence-electron chi connectivity index (χ2n) is 36.5. The highest BCUT2D eigenvalue weighted by Crippen LogP contribution is 2.44. The van der Waals surface area contributed by atoms with Gasteiger partial charge in [0.25, 0.3) is 13.4 Å². The molecule has 0 N–H and O–H groups in total. The first kappa shape index (κ1) is 76.5. The fraction of sp³-hybridized carbons (Fsp3) is 0.130. The molecule has 23 rings (SSSR count). The molecular weight excluding hydrogens is 1530 g/mol. The molecule has 0 fully saturated rings. The SMILES string of the molecule is Cc1cc(C)c(B(c2ccc3oc4ccc(-n5c6ccccc6c6cc7c(cc65)c5ccccc5n7-c5cccc(B(c6c(C)cc(C)cc6C)c6c(C)cc(C)cc6C)n5)cc4c3c2)c2ccc3oc4ccc(-n5c6ccccc6c6cc7c(cc65)c5ccccc5n7-c5cccc(B(c6c(C)cc(C)cc6C)c6c(C)cc(C)cc6C)n5)cc4c3c2)c(C)c1. The molecule has 0 spiro atoms. The molecule has 0 radical (unpaired) electrons. The van der Waals surface area contributed by atoms with Gasteiger partial charge in [-0.25, -0.2) is 9.97 Å². The maximum atomic E-state index is 6.93. The first-order valence-electron chi connectivity index (χ1n) is 44.3. The van der Waals surface area contributed by atoms with Gasteiger partial charge in [-0.2, -0.15) is 0 Å². The van der Waals surface area contributed by atoms with Gasteiger partial charge in [-0.15, -0.1) is 0 Å².